The number of ether oxygens (including phenoxy) is 1. The van der Waals surface area contributed by atoms with Gasteiger partial charge < -0.3 is 4.74 Å². The molecular formula is C14H16O2. The SMILES string of the molecule is CC=CC[C@H]1Cc2ccc(OC)cc2C1=O. The third-order valence-corrected chi connectivity index (χ3v) is 3.08. The zero-order chi connectivity index (χ0) is 11.5. The monoisotopic (exact) mass is 216 g/mol. The first-order valence-electron chi connectivity index (χ1n) is 5.58. The molecule has 0 spiro atoms. The predicted molar refractivity (Wildman–Crippen MR) is 63.9 cm³/mol. The van der Waals surface area contributed by atoms with Crippen molar-refractivity contribution < 1.29 is 9.53 Å². The second-order valence-electron chi connectivity index (χ2n) is 4.09. The van der Waals surface area contributed by atoms with E-state index in [1.807, 2.05) is 31.2 Å². The summed E-state index contributed by atoms with van der Waals surface area (Å²) in [5.41, 5.74) is 1.99. The first-order valence-corrected chi connectivity index (χ1v) is 5.58. The number of Topliss-reactive ketones (excluding diaryl/α,β-unsaturated/α-hetero) is 1. The number of ketones is 1. The van der Waals surface area contributed by atoms with Crippen molar-refractivity contribution in [2.75, 3.05) is 7.11 Å². The lowest BCUT2D eigenvalue weighted by atomic mass is 10.0. The molecule has 2 rings (SSSR count). The summed E-state index contributed by atoms with van der Waals surface area (Å²) in [5, 5.41) is 0. The predicted octanol–water partition coefficient (Wildman–Crippen LogP) is 3.02. The maximum absolute atomic E-state index is 12.1. The van der Waals surface area contributed by atoms with Crippen molar-refractivity contribution in [3.63, 3.8) is 0 Å². The van der Waals surface area contributed by atoms with Crippen molar-refractivity contribution in [3.05, 3.63) is 41.5 Å². The number of fused-ring (bicyclic) bond motifs is 1. The van der Waals surface area contributed by atoms with Gasteiger partial charge in [-0.1, -0.05) is 18.2 Å². The lowest BCUT2D eigenvalue weighted by molar-refractivity contribution is 0.0937. The maximum atomic E-state index is 12.1. The minimum absolute atomic E-state index is 0.123. The summed E-state index contributed by atoms with van der Waals surface area (Å²) < 4.78 is 5.14. The Bertz CT molecular complexity index is 432. The lowest BCUT2D eigenvalue weighted by Crippen LogP contribution is -2.07. The third-order valence-electron chi connectivity index (χ3n) is 3.08. The average Bonchev–Trinajstić information content (AvgIpc) is 2.63. The Hall–Kier alpha value is -1.57. The van der Waals surface area contributed by atoms with Crippen LogP contribution in [-0.2, 0) is 6.42 Å². The van der Waals surface area contributed by atoms with Crippen LogP contribution in [0.3, 0.4) is 0 Å². The molecule has 1 aromatic rings. The van der Waals surface area contributed by atoms with Gasteiger partial charge in [0.1, 0.15) is 5.75 Å². The van der Waals surface area contributed by atoms with E-state index >= 15 is 0 Å². The number of carbonyl (C=O) groups is 1. The zero-order valence-corrected chi connectivity index (χ0v) is 9.69. The van der Waals surface area contributed by atoms with E-state index in [-0.39, 0.29) is 11.7 Å². The summed E-state index contributed by atoms with van der Waals surface area (Å²) in [6, 6.07) is 5.78. The topological polar surface area (TPSA) is 26.3 Å². The summed E-state index contributed by atoms with van der Waals surface area (Å²) >= 11 is 0. The van der Waals surface area contributed by atoms with Crippen LogP contribution < -0.4 is 4.74 Å². The largest absolute Gasteiger partial charge is 0.497 e. The van der Waals surface area contributed by atoms with Crippen LogP contribution in [0, 0.1) is 5.92 Å². The van der Waals surface area contributed by atoms with Gasteiger partial charge in [0.05, 0.1) is 7.11 Å². The van der Waals surface area contributed by atoms with Crippen molar-refractivity contribution in [2.45, 2.75) is 19.8 Å². The molecular weight excluding hydrogens is 200 g/mol. The van der Waals surface area contributed by atoms with Gasteiger partial charge in [0.25, 0.3) is 0 Å². The molecule has 84 valence electrons. The fourth-order valence-corrected chi connectivity index (χ4v) is 2.16. The van der Waals surface area contributed by atoms with E-state index in [1.54, 1.807) is 7.11 Å². The van der Waals surface area contributed by atoms with Gasteiger partial charge in [-0.3, -0.25) is 4.79 Å². The van der Waals surface area contributed by atoms with E-state index in [9.17, 15) is 4.79 Å². The summed E-state index contributed by atoms with van der Waals surface area (Å²) in [5.74, 6) is 1.14. The van der Waals surface area contributed by atoms with E-state index < -0.39 is 0 Å². The Labute approximate surface area is 95.9 Å². The highest BCUT2D eigenvalue weighted by molar-refractivity contribution is 6.02. The van der Waals surface area contributed by atoms with Crippen molar-refractivity contribution >= 4 is 5.78 Å². The second-order valence-corrected chi connectivity index (χ2v) is 4.09. The second kappa shape index (κ2) is 4.52. The number of benzene rings is 1. The molecule has 0 amide bonds. The molecule has 0 bridgehead atoms. The molecule has 0 N–H and O–H groups in total. The van der Waals surface area contributed by atoms with Crippen molar-refractivity contribution in [1.29, 1.82) is 0 Å². The molecule has 0 saturated carbocycles. The number of carbonyl (C=O) groups excluding carboxylic acids is 1. The Morgan fingerprint density at radius 1 is 1.50 bits per heavy atom. The Morgan fingerprint density at radius 3 is 3.00 bits per heavy atom. The van der Waals surface area contributed by atoms with Crippen LogP contribution in [0.2, 0.25) is 0 Å². The number of hydrogen-bond donors (Lipinski definition) is 0. The van der Waals surface area contributed by atoms with E-state index in [4.69, 9.17) is 4.74 Å². The molecule has 0 aliphatic heterocycles. The maximum Gasteiger partial charge on any atom is 0.166 e. The molecule has 0 heterocycles. The van der Waals surface area contributed by atoms with Gasteiger partial charge in [-0.2, -0.15) is 0 Å². The fraction of sp³-hybridized carbons (Fsp3) is 0.357. The summed E-state index contributed by atoms with van der Waals surface area (Å²) in [4.78, 5) is 12.1. The molecule has 0 aromatic heterocycles. The summed E-state index contributed by atoms with van der Waals surface area (Å²) in [6.45, 7) is 1.98. The molecule has 1 aliphatic carbocycles. The smallest absolute Gasteiger partial charge is 0.166 e. The van der Waals surface area contributed by atoms with Crippen LogP contribution in [0.4, 0.5) is 0 Å². The highest BCUT2D eigenvalue weighted by atomic mass is 16.5. The molecule has 2 heteroatoms. The first kappa shape index (κ1) is 10.9. The molecule has 2 nitrogen and oxygen atoms in total. The highest BCUT2D eigenvalue weighted by Crippen LogP contribution is 2.31. The van der Waals surface area contributed by atoms with Gasteiger partial charge in [0.2, 0.25) is 0 Å². The highest BCUT2D eigenvalue weighted by Gasteiger charge is 2.29. The van der Waals surface area contributed by atoms with Gasteiger partial charge in [-0.05, 0) is 37.5 Å². The average molecular weight is 216 g/mol. The van der Waals surface area contributed by atoms with Crippen LogP contribution in [0.1, 0.15) is 29.3 Å². The molecule has 16 heavy (non-hydrogen) atoms. The van der Waals surface area contributed by atoms with Gasteiger partial charge in [0.15, 0.2) is 5.78 Å². The van der Waals surface area contributed by atoms with Crippen LogP contribution >= 0.6 is 0 Å². The minimum Gasteiger partial charge on any atom is -0.497 e. The Balaban J connectivity index is 2.24. The normalized spacial score (nSPS) is 19.1. The van der Waals surface area contributed by atoms with E-state index in [2.05, 4.69) is 6.08 Å². The Kier molecular flexibility index (Phi) is 3.09. The van der Waals surface area contributed by atoms with E-state index in [0.717, 1.165) is 29.7 Å². The summed E-state index contributed by atoms with van der Waals surface area (Å²) in [6.07, 6.45) is 5.76. The summed E-state index contributed by atoms with van der Waals surface area (Å²) in [7, 11) is 1.62. The molecule has 0 saturated heterocycles. The van der Waals surface area contributed by atoms with Crippen LogP contribution in [0.15, 0.2) is 30.4 Å². The van der Waals surface area contributed by atoms with Gasteiger partial charge in [-0.25, -0.2) is 0 Å². The number of allylic oxidation sites excluding steroid dienone is 2. The first-order chi connectivity index (χ1) is 7.76. The van der Waals surface area contributed by atoms with Crippen molar-refractivity contribution in [1.82, 2.24) is 0 Å². The zero-order valence-electron chi connectivity index (χ0n) is 9.69. The minimum atomic E-state index is 0.123. The van der Waals surface area contributed by atoms with Gasteiger partial charge in [0, 0.05) is 11.5 Å². The molecule has 0 unspecified atom stereocenters. The fourth-order valence-electron chi connectivity index (χ4n) is 2.16. The van der Waals surface area contributed by atoms with Crippen LogP contribution in [0.25, 0.3) is 0 Å². The van der Waals surface area contributed by atoms with Gasteiger partial charge >= 0.3 is 0 Å². The van der Waals surface area contributed by atoms with Crippen molar-refractivity contribution in [2.24, 2.45) is 5.92 Å². The number of rotatable bonds is 3. The van der Waals surface area contributed by atoms with Crippen LogP contribution in [0.5, 0.6) is 5.75 Å². The molecule has 1 aromatic carbocycles. The van der Waals surface area contributed by atoms with Gasteiger partial charge in [-0.15, -0.1) is 0 Å². The standard InChI is InChI=1S/C14H16O2/c1-3-4-5-11-8-10-6-7-12(16-2)9-13(10)14(11)15/h3-4,6-7,9,11H,5,8H2,1-2H3/t11-/m0/s1. The quantitative estimate of drug-likeness (QED) is 0.726. The molecule has 0 fully saturated rings. The van der Waals surface area contributed by atoms with Crippen LogP contribution in [-0.4, -0.2) is 12.9 Å². The van der Waals surface area contributed by atoms with E-state index in [1.165, 1.54) is 0 Å². The Morgan fingerprint density at radius 2 is 2.31 bits per heavy atom. The van der Waals surface area contributed by atoms with E-state index in [0.29, 0.717) is 0 Å². The molecule has 0 radical (unpaired) electrons. The van der Waals surface area contributed by atoms with Crippen molar-refractivity contribution in [3.8, 4) is 5.75 Å². The number of hydrogen-bond acceptors (Lipinski definition) is 2. The lowest BCUT2D eigenvalue weighted by Gasteiger charge is -2.02. The third kappa shape index (κ3) is 1.87. The number of methoxy groups -OCH3 is 1. The molecule has 1 atom stereocenters. The molecule has 1 aliphatic rings.